The Morgan fingerprint density at radius 2 is 1.83 bits per heavy atom. The Labute approximate surface area is 137 Å². The standard InChI is InChI=1S/C18H17F3N2O/c1-12-8-16-17(9-13(12)2)23(11-22-16)6-7-24-15-5-3-4-14(10-15)18(19,20)21/h3-5,8-11H,6-7H2,1-2H3. The van der Waals surface area contributed by atoms with Gasteiger partial charge < -0.3 is 9.30 Å². The molecule has 0 atom stereocenters. The van der Waals surface area contributed by atoms with Crippen LogP contribution in [0.25, 0.3) is 11.0 Å². The second-order valence-corrected chi connectivity index (χ2v) is 5.74. The first-order valence-corrected chi connectivity index (χ1v) is 7.57. The van der Waals surface area contributed by atoms with Gasteiger partial charge in [0.2, 0.25) is 0 Å². The Hall–Kier alpha value is -2.50. The van der Waals surface area contributed by atoms with Crippen LogP contribution in [0.4, 0.5) is 13.2 Å². The Morgan fingerprint density at radius 3 is 2.58 bits per heavy atom. The molecule has 24 heavy (non-hydrogen) atoms. The molecule has 0 aliphatic carbocycles. The van der Waals surface area contributed by atoms with Gasteiger partial charge in [-0.25, -0.2) is 4.98 Å². The number of aromatic nitrogens is 2. The van der Waals surface area contributed by atoms with Crippen molar-refractivity contribution in [3.63, 3.8) is 0 Å². The number of benzene rings is 2. The monoisotopic (exact) mass is 334 g/mol. The van der Waals surface area contributed by atoms with Gasteiger partial charge in [-0.05, 0) is 55.3 Å². The first-order valence-electron chi connectivity index (χ1n) is 7.57. The lowest BCUT2D eigenvalue weighted by Crippen LogP contribution is -2.09. The molecule has 6 heteroatoms. The largest absolute Gasteiger partial charge is 0.492 e. The molecule has 3 aromatic rings. The summed E-state index contributed by atoms with van der Waals surface area (Å²) >= 11 is 0. The summed E-state index contributed by atoms with van der Waals surface area (Å²) in [5.41, 5.74) is 3.53. The number of hydrogen-bond acceptors (Lipinski definition) is 2. The molecule has 3 rings (SSSR count). The number of halogens is 3. The molecule has 126 valence electrons. The average Bonchev–Trinajstić information content (AvgIpc) is 2.89. The van der Waals surface area contributed by atoms with Gasteiger partial charge >= 0.3 is 6.18 Å². The van der Waals surface area contributed by atoms with Crippen molar-refractivity contribution >= 4 is 11.0 Å². The summed E-state index contributed by atoms with van der Waals surface area (Å²) in [6, 6.07) is 8.99. The summed E-state index contributed by atoms with van der Waals surface area (Å²) in [6.45, 7) is 4.84. The molecule has 1 heterocycles. The van der Waals surface area contributed by atoms with Crippen LogP contribution in [0, 0.1) is 13.8 Å². The van der Waals surface area contributed by atoms with Gasteiger partial charge in [-0.3, -0.25) is 0 Å². The summed E-state index contributed by atoms with van der Waals surface area (Å²) in [5.74, 6) is 0.210. The number of fused-ring (bicyclic) bond motifs is 1. The van der Waals surface area contributed by atoms with Crippen LogP contribution in [-0.2, 0) is 12.7 Å². The highest BCUT2D eigenvalue weighted by Gasteiger charge is 2.30. The zero-order valence-corrected chi connectivity index (χ0v) is 13.4. The van der Waals surface area contributed by atoms with E-state index in [0.717, 1.165) is 23.2 Å². The number of aryl methyl sites for hydroxylation is 2. The molecule has 0 saturated heterocycles. The zero-order chi connectivity index (χ0) is 17.3. The van der Waals surface area contributed by atoms with Gasteiger partial charge in [0.15, 0.2) is 0 Å². The Bertz CT molecular complexity index is 868. The molecule has 0 aliphatic rings. The molecule has 0 amide bonds. The van der Waals surface area contributed by atoms with E-state index in [1.807, 2.05) is 24.5 Å². The Morgan fingerprint density at radius 1 is 1.08 bits per heavy atom. The molecule has 2 aromatic carbocycles. The number of ether oxygens (including phenoxy) is 1. The molecule has 0 aliphatic heterocycles. The number of imidazole rings is 1. The van der Waals surface area contributed by atoms with Crippen LogP contribution in [-0.4, -0.2) is 16.2 Å². The van der Waals surface area contributed by atoms with E-state index in [2.05, 4.69) is 11.1 Å². The highest BCUT2D eigenvalue weighted by molar-refractivity contribution is 5.77. The maximum atomic E-state index is 12.7. The van der Waals surface area contributed by atoms with Crippen LogP contribution in [0.15, 0.2) is 42.7 Å². The first kappa shape index (κ1) is 16.4. The van der Waals surface area contributed by atoms with Crippen molar-refractivity contribution < 1.29 is 17.9 Å². The van der Waals surface area contributed by atoms with E-state index in [4.69, 9.17) is 4.74 Å². The van der Waals surface area contributed by atoms with Crippen molar-refractivity contribution in [2.75, 3.05) is 6.61 Å². The molecular formula is C18H17F3N2O. The number of rotatable bonds is 4. The predicted molar refractivity (Wildman–Crippen MR) is 86.1 cm³/mol. The van der Waals surface area contributed by atoms with E-state index in [0.29, 0.717) is 6.54 Å². The molecule has 0 saturated carbocycles. The van der Waals surface area contributed by atoms with E-state index >= 15 is 0 Å². The minimum Gasteiger partial charge on any atom is -0.492 e. The van der Waals surface area contributed by atoms with Gasteiger partial charge in [-0.2, -0.15) is 13.2 Å². The third-order valence-electron chi connectivity index (χ3n) is 4.00. The van der Waals surface area contributed by atoms with Crippen molar-refractivity contribution in [2.24, 2.45) is 0 Å². The Balaban J connectivity index is 1.70. The van der Waals surface area contributed by atoms with Gasteiger partial charge in [-0.15, -0.1) is 0 Å². The van der Waals surface area contributed by atoms with Gasteiger partial charge in [0.05, 0.1) is 29.5 Å². The first-order chi connectivity index (χ1) is 11.3. The van der Waals surface area contributed by atoms with Gasteiger partial charge in [0.1, 0.15) is 12.4 Å². The van der Waals surface area contributed by atoms with E-state index in [1.54, 1.807) is 6.33 Å². The number of nitrogens with zero attached hydrogens (tertiary/aromatic N) is 2. The van der Waals surface area contributed by atoms with Crippen LogP contribution in [0.2, 0.25) is 0 Å². The Kier molecular flexibility index (Phi) is 4.22. The van der Waals surface area contributed by atoms with Crippen molar-refractivity contribution in [3.05, 3.63) is 59.4 Å². The fourth-order valence-corrected chi connectivity index (χ4v) is 2.52. The molecule has 0 N–H and O–H groups in total. The second kappa shape index (κ2) is 6.19. The average molecular weight is 334 g/mol. The van der Waals surface area contributed by atoms with E-state index < -0.39 is 11.7 Å². The highest BCUT2D eigenvalue weighted by Crippen LogP contribution is 2.31. The van der Waals surface area contributed by atoms with E-state index in [9.17, 15) is 13.2 Å². The number of hydrogen-bond donors (Lipinski definition) is 0. The molecule has 0 unspecified atom stereocenters. The lowest BCUT2D eigenvalue weighted by atomic mass is 10.1. The smallest absolute Gasteiger partial charge is 0.416 e. The van der Waals surface area contributed by atoms with Crippen LogP contribution in [0.1, 0.15) is 16.7 Å². The minimum atomic E-state index is -4.37. The normalized spacial score (nSPS) is 11.9. The molecular weight excluding hydrogens is 317 g/mol. The van der Waals surface area contributed by atoms with Gasteiger partial charge in [-0.1, -0.05) is 6.07 Å². The third kappa shape index (κ3) is 3.37. The summed E-state index contributed by atoms with van der Waals surface area (Å²) in [6.07, 6.45) is -2.64. The lowest BCUT2D eigenvalue weighted by Gasteiger charge is -2.11. The molecule has 0 radical (unpaired) electrons. The number of alkyl halides is 3. The molecule has 0 bridgehead atoms. The van der Waals surface area contributed by atoms with E-state index in [1.165, 1.54) is 23.3 Å². The van der Waals surface area contributed by atoms with Crippen molar-refractivity contribution in [3.8, 4) is 5.75 Å². The van der Waals surface area contributed by atoms with Gasteiger partial charge in [0.25, 0.3) is 0 Å². The third-order valence-corrected chi connectivity index (χ3v) is 4.00. The van der Waals surface area contributed by atoms with Crippen LogP contribution in [0.3, 0.4) is 0 Å². The summed E-state index contributed by atoms with van der Waals surface area (Å²) in [7, 11) is 0. The summed E-state index contributed by atoms with van der Waals surface area (Å²) in [5, 5.41) is 0. The highest BCUT2D eigenvalue weighted by atomic mass is 19.4. The maximum absolute atomic E-state index is 12.7. The molecule has 0 spiro atoms. The topological polar surface area (TPSA) is 27.1 Å². The van der Waals surface area contributed by atoms with Crippen molar-refractivity contribution in [1.29, 1.82) is 0 Å². The van der Waals surface area contributed by atoms with Crippen molar-refractivity contribution in [2.45, 2.75) is 26.6 Å². The van der Waals surface area contributed by atoms with Crippen molar-refractivity contribution in [1.82, 2.24) is 9.55 Å². The fraction of sp³-hybridized carbons (Fsp3) is 0.278. The van der Waals surface area contributed by atoms with E-state index in [-0.39, 0.29) is 12.4 Å². The quantitative estimate of drug-likeness (QED) is 0.688. The second-order valence-electron chi connectivity index (χ2n) is 5.74. The summed E-state index contributed by atoms with van der Waals surface area (Å²) < 4.78 is 45.5. The van der Waals surface area contributed by atoms with Crippen LogP contribution < -0.4 is 4.74 Å². The maximum Gasteiger partial charge on any atom is 0.416 e. The lowest BCUT2D eigenvalue weighted by molar-refractivity contribution is -0.137. The minimum absolute atomic E-state index is 0.210. The molecule has 3 nitrogen and oxygen atoms in total. The summed E-state index contributed by atoms with van der Waals surface area (Å²) in [4.78, 5) is 4.35. The van der Waals surface area contributed by atoms with Crippen LogP contribution in [0.5, 0.6) is 5.75 Å². The molecule has 0 fully saturated rings. The van der Waals surface area contributed by atoms with Crippen LogP contribution >= 0.6 is 0 Å². The molecule has 1 aromatic heterocycles. The fourth-order valence-electron chi connectivity index (χ4n) is 2.52. The zero-order valence-electron chi connectivity index (χ0n) is 13.4. The predicted octanol–water partition coefficient (Wildman–Crippen LogP) is 4.75. The van der Waals surface area contributed by atoms with Gasteiger partial charge in [0, 0.05) is 0 Å². The SMILES string of the molecule is Cc1cc2ncn(CCOc3cccc(C(F)(F)F)c3)c2cc1C.